The van der Waals surface area contributed by atoms with Gasteiger partial charge in [-0.05, 0) is 23.3 Å². The highest BCUT2D eigenvalue weighted by Gasteiger charge is 2.19. The zero-order valence-corrected chi connectivity index (χ0v) is 18.1. The monoisotopic (exact) mass is 443 g/mol. The Morgan fingerprint density at radius 1 is 0.900 bits per heavy atom. The van der Waals surface area contributed by atoms with Crippen LogP contribution in [0, 0.1) is 0 Å². The minimum absolute atomic E-state index is 0.0459. The normalized spacial score (nSPS) is 11.9. The molecular weight excluding hydrogens is 421 g/mol. The maximum Gasteiger partial charge on any atom is 0.303 e. The van der Waals surface area contributed by atoms with Gasteiger partial charge < -0.3 is 14.8 Å². The minimum Gasteiger partial charge on any atom is -0.490 e. The lowest BCUT2D eigenvalue weighted by atomic mass is 9.98. The van der Waals surface area contributed by atoms with Crippen molar-refractivity contribution < 1.29 is 14.3 Å². The van der Waals surface area contributed by atoms with Crippen molar-refractivity contribution >= 4 is 29.2 Å². The third-order valence-corrected chi connectivity index (χ3v) is 5.21. The SMILES string of the molecule is CC(=O)OC(CNC(c1ccccc1)c1ccccc1)COc1ccc(Cl)c(Cl)c1. The van der Waals surface area contributed by atoms with Crippen LogP contribution in [0.2, 0.25) is 10.0 Å². The molecule has 0 aliphatic carbocycles. The van der Waals surface area contributed by atoms with Crippen molar-refractivity contribution in [3.05, 3.63) is 100 Å². The van der Waals surface area contributed by atoms with Crippen molar-refractivity contribution in [2.75, 3.05) is 13.2 Å². The molecule has 1 unspecified atom stereocenters. The van der Waals surface area contributed by atoms with Crippen molar-refractivity contribution in [2.24, 2.45) is 0 Å². The van der Waals surface area contributed by atoms with E-state index in [0.717, 1.165) is 11.1 Å². The van der Waals surface area contributed by atoms with Gasteiger partial charge in [-0.3, -0.25) is 4.79 Å². The first-order valence-corrected chi connectivity index (χ1v) is 10.4. The quantitative estimate of drug-likeness (QED) is 0.431. The molecule has 3 rings (SSSR count). The van der Waals surface area contributed by atoms with Gasteiger partial charge in [0, 0.05) is 19.5 Å². The fourth-order valence-corrected chi connectivity index (χ4v) is 3.38. The Hall–Kier alpha value is -2.53. The molecule has 0 amide bonds. The van der Waals surface area contributed by atoms with Crippen LogP contribution in [0.15, 0.2) is 78.9 Å². The lowest BCUT2D eigenvalue weighted by Gasteiger charge is -2.24. The molecule has 4 nitrogen and oxygen atoms in total. The lowest BCUT2D eigenvalue weighted by molar-refractivity contribution is -0.147. The molecule has 0 bridgehead atoms. The summed E-state index contributed by atoms with van der Waals surface area (Å²) in [5.74, 6) is 0.194. The third-order valence-electron chi connectivity index (χ3n) is 4.48. The van der Waals surface area contributed by atoms with Crippen LogP contribution in [-0.2, 0) is 9.53 Å². The zero-order valence-electron chi connectivity index (χ0n) is 16.6. The van der Waals surface area contributed by atoms with Crippen LogP contribution in [0.5, 0.6) is 5.75 Å². The Labute approximate surface area is 186 Å². The first-order valence-electron chi connectivity index (χ1n) is 9.61. The maximum absolute atomic E-state index is 11.6. The van der Waals surface area contributed by atoms with Crippen molar-refractivity contribution in [2.45, 2.75) is 19.1 Å². The number of ether oxygens (including phenoxy) is 2. The van der Waals surface area contributed by atoms with Gasteiger partial charge in [-0.15, -0.1) is 0 Å². The van der Waals surface area contributed by atoms with E-state index < -0.39 is 6.10 Å². The number of carbonyl (C=O) groups excluding carboxylic acids is 1. The standard InChI is InChI=1S/C24H23Cl2NO3/c1-17(28)30-21(16-29-20-12-13-22(25)23(26)14-20)15-27-24(18-8-4-2-5-9-18)19-10-6-3-7-11-19/h2-14,21,24,27H,15-16H2,1H3. The molecular formula is C24H23Cl2NO3. The molecule has 0 fully saturated rings. The van der Waals surface area contributed by atoms with Crippen LogP contribution in [0.1, 0.15) is 24.1 Å². The summed E-state index contributed by atoms with van der Waals surface area (Å²) in [5, 5.41) is 4.37. The summed E-state index contributed by atoms with van der Waals surface area (Å²) < 4.78 is 11.3. The van der Waals surface area contributed by atoms with E-state index in [-0.39, 0.29) is 18.6 Å². The Morgan fingerprint density at radius 3 is 2.03 bits per heavy atom. The Morgan fingerprint density at radius 2 is 1.50 bits per heavy atom. The summed E-state index contributed by atoms with van der Waals surface area (Å²) in [4.78, 5) is 11.6. The molecule has 0 heterocycles. The first-order chi connectivity index (χ1) is 14.5. The third kappa shape index (κ3) is 6.49. The molecule has 30 heavy (non-hydrogen) atoms. The van der Waals surface area contributed by atoms with Crippen LogP contribution >= 0.6 is 23.2 Å². The average molecular weight is 444 g/mol. The minimum atomic E-state index is -0.480. The zero-order chi connectivity index (χ0) is 21.3. The molecule has 0 saturated heterocycles. The van der Waals surface area contributed by atoms with Gasteiger partial charge in [-0.25, -0.2) is 0 Å². The maximum atomic E-state index is 11.6. The van der Waals surface area contributed by atoms with Gasteiger partial charge in [0.2, 0.25) is 0 Å². The number of carbonyl (C=O) groups is 1. The fourth-order valence-electron chi connectivity index (χ4n) is 3.09. The second-order valence-electron chi connectivity index (χ2n) is 6.78. The molecule has 0 aliphatic rings. The number of hydrogen-bond donors (Lipinski definition) is 1. The van der Waals surface area contributed by atoms with E-state index in [2.05, 4.69) is 29.6 Å². The van der Waals surface area contributed by atoms with Crippen molar-refractivity contribution in [3.63, 3.8) is 0 Å². The number of benzene rings is 3. The summed E-state index contributed by atoms with van der Waals surface area (Å²) >= 11 is 12.0. The predicted molar refractivity (Wildman–Crippen MR) is 120 cm³/mol. The molecule has 0 spiro atoms. The van der Waals surface area contributed by atoms with E-state index in [1.165, 1.54) is 6.92 Å². The van der Waals surface area contributed by atoms with Gasteiger partial charge in [0.25, 0.3) is 0 Å². The van der Waals surface area contributed by atoms with E-state index in [1.54, 1.807) is 18.2 Å². The molecule has 156 valence electrons. The highest BCUT2D eigenvalue weighted by atomic mass is 35.5. The number of halogens is 2. The van der Waals surface area contributed by atoms with Gasteiger partial charge >= 0.3 is 5.97 Å². The topological polar surface area (TPSA) is 47.6 Å². The molecule has 0 aromatic heterocycles. The van der Waals surface area contributed by atoms with Gasteiger partial charge in [0.05, 0.1) is 16.1 Å². The van der Waals surface area contributed by atoms with Crippen LogP contribution in [0.4, 0.5) is 0 Å². The molecule has 6 heteroatoms. The van der Waals surface area contributed by atoms with Gasteiger partial charge in [0.15, 0.2) is 0 Å². The van der Waals surface area contributed by atoms with Crippen molar-refractivity contribution in [1.29, 1.82) is 0 Å². The van der Waals surface area contributed by atoms with Crippen LogP contribution in [-0.4, -0.2) is 25.2 Å². The molecule has 1 atom stereocenters. The average Bonchev–Trinajstić information content (AvgIpc) is 2.75. The summed E-state index contributed by atoms with van der Waals surface area (Å²) in [6, 6.07) is 25.2. The summed E-state index contributed by atoms with van der Waals surface area (Å²) in [5.41, 5.74) is 2.24. The molecule has 1 N–H and O–H groups in total. The lowest BCUT2D eigenvalue weighted by Crippen LogP contribution is -2.37. The molecule has 3 aromatic carbocycles. The van der Waals surface area contributed by atoms with Crippen LogP contribution < -0.4 is 10.1 Å². The molecule has 3 aromatic rings. The van der Waals surface area contributed by atoms with Gasteiger partial charge in [-0.1, -0.05) is 83.9 Å². The van der Waals surface area contributed by atoms with E-state index in [0.29, 0.717) is 22.3 Å². The van der Waals surface area contributed by atoms with E-state index in [1.807, 2.05) is 36.4 Å². The van der Waals surface area contributed by atoms with E-state index in [9.17, 15) is 4.79 Å². The summed E-state index contributed by atoms with van der Waals surface area (Å²) in [6.45, 7) is 1.98. The second-order valence-corrected chi connectivity index (χ2v) is 7.60. The Kier molecular flexibility index (Phi) is 8.14. The summed E-state index contributed by atoms with van der Waals surface area (Å²) in [7, 11) is 0. The number of rotatable bonds is 9. The van der Waals surface area contributed by atoms with Crippen molar-refractivity contribution in [1.82, 2.24) is 5.32 Å². The highest BCUT2D eigenvalue weighted by molar-refractivity contribution is 6.42. The number of hydrogen-bond acceptors (Lipinski definition) is 4. The first kappa shape index (κ1) is 22.2. The predicted octanol–water partition coefficient (Wildman–Crippen LogP) is 5.68. The molecule has 0 saturated carbocycles. The van der Waals surface area contributed by atoms with Crippen LogP contribution in [0.25, 0.3) is 0 Å². The Bertz CT molecular complexity index is 912. The largest absolute Gasteiger partial charge is 0.490 e. The van der Waals surface area contributed by atoms with Crippen molar-refractivity contribution in [3.8, 4) is 5.75 Å². The van der Waals surface area contributed by atoms with Gasteiger partial charge in [0.1, 0.15) is 18.5 Å². The smallest absolute Gasteiger partial charge is 0.303 e. The van der Waals surface area contributed by atoms with Crippen LogP contribution in [0.3, 0.4) is 0 Å². The summed E-state index contributed by atoms with van der Waals surface area (Å²) in [6.07, 6.45) is -0.480. The second kappa shape index (κ2) is 11.0. The van der Waals surface area contributed by atoms with E-state index in [4.69, 9.17) is 32.7 Å². The molecule has 0 aliphatic heterocycles. The number of esters is 1. The van der Waals surface area contributed by atoms with E-state index >= 15 is 0 Å². The fraction of sp³-hybridized carbons (Fsp3) is 0.208. The van der Waals surface area contributed by atoms with Gasteiger partial charge in [-0.2, -0.15) is 0 Å². The Balaban J connectivity index is 1.70. The number of nitrogens with one attached hydrogen (secondary N) is 1. The highest BCUT2D eigenvalue weighted by Crippen LogP contribution is 2.26. The molecule has 0 radical (unpaired) electrons.